The number of piperidine rings is 1. The number of hydrogen-bond acceptors (Lipinski definition) is 4. The second-order valence-corrected chi connectivity index (χ2v) is 5.27. The van der Waals surface area contributed by atoms with Crippen LogP contribution in [0.1, 0.15) is 25.6 Å². The van der Waals surface area contributed by atoms with E-state index in [4.69, 9.17) is 0 Å². The van der Waals surface area contributed by atoms with Crippen molar-refractivity contribution in [3.8, 4) is 0 Å². The van der Waals surface area contributed by atoms with Crippen molar-refractivity contribution in [2.24, 2.45) is 5.92 Å². The maximum absolute atomic E-state index is 11.6. The summed E-state index contributed by atoms with van der Waals surface area (Å²) in [6.07, 6.45) is 3.32. The molecule has 5 nitrogen and oxygen atoms in total. The van der Waals surface area contributed by atoms with E-state index in [1.54, 1.807) is 6.07 Å². The van der Waals surface area contributed by atoms with Gasteiger partial charge in [0.2, 0.25) is 0 Å². The molecule has 3 rings (SSSR count). The van der Waals surface area contributed by atoms with Gasteiger partial charge in [0.05, 0.1) is 0 Å². The Kier molecular flexibility index (Phi) is 3.07. The van der Waals surface area contributed by atoms with Crippen LogP contribution in [0.3, 0.4) is 0 Å². The van der Waals surface area contributed by atoms with Crippen molar-refractivity contribution < 1.29 is 0 Å². The van der Waals surface area contributed by atoms with Gasteiger partial charge < -0.3 is 15.2 Å². The van der Waals surface area contributed by atoms with Gasteiger partial charge in [0.15, 0.2) is 0 Å². The predicted octanol–water partition coefficient (Wildman–Crippen LogP) is 0.520. The van der Waals surface area contributed by atoms with Crippen molar-refractivity contribution in [2.75, 3.05) is 24.5 Å². The van der Waals surface area contributed by atoms with Gasteiger partial charge in [-0.15, -0.1) is 0 Å². The summed E-state index contributed by atoms with van der Waals surface area (Å²) in [5, 5.41) is 3.57. The van der Waals surface area contributed by atoms with Crippen LogP contribution in [0.15, 0.2) is 10.9 Å². The van der Waals surface area contributed by atoms with Crippen molar-refractivity contribution in [2.45, 2.75) is 32.2 Å². The number of H-pyrrole nitrogens is 1. The minimum absolute atomic E-state index is 0.0420. The molecule has 1 aromatic rings. The molecular weight excluding hydrogens is 228 g/mol. The lowest BCUT2D eigenvalue weighted by molar-refractivity contribution is 0.340. The van der Waals surface area contributed by atoms with Gasteiger partial charge in [0, 0.05) is 31.6 Å². The first kappa shape index (κ1) is 11.7. The molecule has 0 aliphatic carbocycles. The van der Waals surface area contributed by atoms with E-state index in [1.807, 2.05) is 6.92 Å². The van der Waals surface area contributed by atoms with Gasteiger partial charge in [-0.05, 0) is 25.3 Å². The van der Waals surface area contributed by atoms with Crippen molar-refractivity contribution in [3.63, 3.8) is 0 Å². The first-order chi connectivity index (χ1) is 8.76. The summed E-state index contributed by atoms with van der Waals surface area (Å²) in [7, 11) is 0. The summed E-state index contributed by atoms with van der Waals surface area (Å²) < 4.78 is 0. The average molecular weight is 248 g/mol. The fourth-order valence-corrected chi connectivity index (χ4v) is 3.06. The number of nitrogens with one attached hydrogen (secondary N) is 2. The van der Waals surface area contributed by atoms with Gasteiger partial charge in [0.1, 0.15) is 11.6 Å². The second-order valence-electron chi connectivity index (χ2n) is 5.27. The van der Waals surface area contributed by atoms with E-state index < -0.39 is 0 Å². The lowest BCUT2D eigenvalue weighted by Crippen LogP contribution is -2.40. The molecule has 2 aliphatic heterocycles. The molecule has 2 atom stereocenters. The molecule has 0 saturated carbocycles. The Morgan fingerprint density at radius 2 is 2.39 bits per heavy atom. The van der Waals surface area contributed by atoms with Crippen LogP contribution in [0.4, 0.5) is 5.82 Å². The minimum Gasteiger partial charge on any atom is -0.354 e. The smallest absolute Gasteiger partial charge is 0.252 e. The first-order valence-corrected chi connectivity index (χ1v) is 6.85. The van der Waals surface area contributed by atoms with Crippen LogP contribution in [-0.2, 0) is 6.42 Å². The molecule has 0 bridgehead atoms. The van der Waals surface area contributed by atoms with Crippen molar-refractivity contribution in [1.29, 1.82) is 0 Å². The molecule has 1 aromatic heterocycles. The monoisotopic (exact) mass is 248 g/mol. The van der Waals surface area contributed by atoms with Gasteiger partial charge in [-0.1, -0.05) is 6.92 Å². The van der Waals surface area contributed by atoms with Gasteiger partial charge in [0.25, 0.3) is 5.56 Å². The second kappa shape index (κ2) is 4.72. The van der Waals surface area contributed by atoms with Crippen LogP contribution >= 0.6 is 0 Å². The zero-order valence-corrected chi connectivity index (χ0v) is 10.8. The third-order valence-corrected chi connectivity index (χ3v) is 4.04. The molecule has 0 amide bonds. The summed E-state index contributed by atoms with van der Waals surface area (Å²) in [5.74, 6) is 2.33. The Hall–Kier alpha value is -1.36. The number of anilines is 1. The van der Waals surface area contributed by atoms with Gasteiger partial charge in [-0.25, -0.2) is 4.98 Å². The quantitative estimate of drug-likeness (QED) is 0.801. The Labute approximate surface area is 107 Å². The summed E-state index contributed by atoms with van der Waals surface area (Å²) in [5.41, 5.74) is -0.0420. The lowest BCUT2D eigenvalue weighted by atomic mass is 9.94. The number of hydrogen-bond donors (Lipinski definition) is 2. The summed E-state index contributed by atoms with van der Waals surface area (Å²) >= 11 is 0. The van der Waals surface area contributed by atoms with Crippen molar-refractivity contribution in [3.05, 3.63) is 22.2 Å². The molecule has 3 heterocycles. The molecule has 5 heteroatoms. The number of fused-ring (bicyclic) bond motifs is 1. The molecule has 2 fully saturated rings. The highest BCUT2D eigenvalue weighted by atomic mass is 16.1. The van der Waals surface area contributed by atoms with Crippen molar-refractivity contribution in [1.82, 2.24) is 15.3 Å². The minimum atomic E-state index is -0.0420. The molecule has 2 aliphatic rings. The average Bonchev–Trinajstić information content (AvgIpc) is 2.81. The van der Waals surface area contributed by atoms with E-state index in [1.165, 1.54) is 12.8 Å². The summed E-state index contributed by atoms with van der Waals surface area (Å²) in [6.45, 7) is 5.13. The molecule has 2 N–H and O–H groups in total. The molecular formula is C13H20N4O. The fourth-order valence-electron chi connectivity index (χ4n) is 3.06. The van der Waals surface area contributed by atoms with E-state index in [0.29, 0.717) is 12.0 Å². The number of nitrogens with zero attached hydrogens (tertiary/aromatic N) is 2. The van der Waals surface area contributed by atoms with Gasteiger partial charge in [-0.3, -0.25) is 4.79 Å². The van der Waals surface area contributed by atoms with E-state index in [9.17, 15) is 4.79 Å². The summed E-state index contributed by atoms with van der Waals surface area (Å²) in [4.78, 5) is 21.2. The standard InChI is InChI=1S/C13H20N4O/c1-2-11-15-12(6-13(18)16-11)17-7-9-4-3-5-14-10(9)8-17/h6,9-10,14H,2-5,7-8H2,1H3,(H,15,16,18). The normalized spacial score (nSPS) is 27.3. The maximum Gasteiger partial charge on any atom is 0.252 e. The Bertz CT molecular complexity index is 470. The highest BCUT2D eigenvalue weighted by Crippen LogP contribution is 2.27. The third kappa shape index (κ3) is 2.14. The fraction of sp³-hybridized carbons (Fsp3) is 0.692. The molecule has 2 saturated heterocycles. The number of rotatable bonds is 2. The van der Waals surface area contributed by atoms with Gasteiger partial charge >= 0.3 is 0 Å². The number of aromatic nitrogens is 2. The zero-order valence-electron chi connectivity index (χ0n) is 10.8. The van der Waals surface area contributed by atoms with Crippen LogP contribution in [0.25, 0.3) is 0 Å². The topological polar surface area (TPSA) is 61.0 Å². The highest BCUT2D eigenvalue weighted by molar-refractivity contribution is 5.40. The predicted molar refractivity (Wildman–Crippen MR) is 71.0 cm³/mol. The van der Waals surface area contributed by atoms with E-state index in [2.05, 4.69) is 20.2 Å². The molecule has 0 spiro atoms. The Balaban J connectivity index is 1.83. The lowest BCUT2D eigenvalue weighted by Gasteiger charge is -2.24. The molecule has 98 valence electrons. The SMILES string of the molecule is CCc1nc(N2CC3CCCNC3C2)cc(=O)[nH]1. The van der Waals surface area contributed by atoms with E-state index in [-0.39, 0.29) is 5.56 Å². The molecule has 2 unspecified atom stereocenters. The molecule has 18 heavy (non-hydrogen) atoms. The Morgan fingerprint density at radius 3 is 3.17 bits per heavy atom. The summed E-state index contributed by atoms with van der Waals surface area (Å²) in [6, 6.07) is 2.20. The third-order valence-electron chi connectivity index (χ3n) is 4.04. The Morgan fingerprint density at radius 1 is 1.50 bits per heavy atom. The number of aromatic amines is 1. The van der Waals surface area contributed by atoms with Crippen LogP contribution < -0.4 is 15.8 Å². The molecule has 0 radical (unpaired) electrons. The van der Waals surface area contributed by atoms with Crippen LogP contribution in [0.5, 0.6) is 0 Å². The van der Waals surface area contributed by atoms with E-state index in [0.717, 1.165) is 37.7 Å². The first-order valence-electron chi connectivity index (χ1n) is 6.85. The van der Waals surface area contributed by atoms with Gasteiger partial charge in [-0.2, -0.15) is 0 Å². The van der Waals surface area contributed by atoms with Crippen LogP contribution in [-0.4, -0.2) is 35.6 Å². The maximum atomic E-state index is 11.6. The number of aryl methyl sites for hydroxylation is 1. The van der Waals surface area contributed by atoms with E-state index >= 15 is 0 Å². The van der Waals surface area contributed by atoms with Crippen LogP contribution in [0.2, 0.25) is 0 Å². The van der Waals surface area contributed by atoms with Crippen LogP contribution in [0, 0.1) is 5.92 Å². The molecule has 0 aromatic carbocycles. The largest absolute Gasteiger partial charge is 0.354 e. The zero-order chi connectivity index (χ0) is 12.5. The van der Waals surface area contributed by atoms with Crippen molar-refractivity contribution >= 4 is 5.82 Å². The highest BCUT2D eigenvalue weighted by Gasteiger charge is 2.34.